The summed E-state index contributed by atoms with van der Waals surface area (Å²) in [6, 6.07) is 7.89. The van der Waals surface area contributed by atoms with E-state index < -0.39 is 0 Å². The van der Waals surface area contributed by atoms with Gasteiger partial charge in [0, 0.05) is 35.5 Å². The Bertz CT molecular complexity index is 991. The molecule has 0 spiro atoms. The third-order valence-electron chi connectivity index (χ3n) is 4.52. The van der Waals surface area contributed by atoms with E-state index in [0.29, 0.717) is 5.02 Å². The third kappa shape index (κ3) is 3.46. The molecule has 1 aliphatic rings. The van der Waals surface area contributed by atoms with E-state index in [1.807, 2.05) is 24.3 Å². The lowest BCUT2D eigenvalue weighted by Crippen LogP contribution is -2.28. The number of rotatable bonds is 3. The number of anilines is 2. The van der Waals surface area contributed by atoms with E-state index in [-0.39, 0.29) is 11.9 Å². The molecule has 4 rings (SSSR count). The predicted molar refractivity (Wildman–Crippen MR) is 103 cm³/mol. The Balaban J connectivity index is 1.54. The molecule has 2 aromatic heterocycles. The average molecular weight is 368 g/mol. The minimum atomic E-state index is -0.0853. The van der Waals surface area contributed by atoms with Crippen LogP contribution < -0.4 is 10.6 Å². The lowest BCUT2D eigenvalue weighted by atomic mass is 9.91. The van der Waals surface area contributed by atoms with Crippen molar-refractivity contribution in [2.45, 2.75) is 32.2 Å². The topological polar surface area (TPSA) is 79.8 Å². The molecule has 26 heavy (non-hydrogen) atoms. The van der Waals surface area contributed by atoms with E-state index in [1.165, 1.54) is 12.5 Å². The monoisotopic (exact) mass is 367 g/mol. The number of nitrogens with zero attached hydrogens (tertiary/aromatic N) is 3. The van der Waals surface area contributed by atoms with Gasteiger partial charge in [-0.25, -0.2) is 9.97 Å². The summed E-state index contributed by atoms with van der Waals surface area (Å²) in [6.45, 7) is 1.50. The van der Waals surface area contributed by atoms with Gasteiger partial charge in [0.2, 0.25) is 5.91 Å². The first-order valence-corrected chi connectivity index (χ1v) is 8.88. The Labute approximate surface area is 156 Å². The standard InChI is InChI=1S/C19H18ClN5O/c1-11(26)24-15-6-12-2-4-14(8-17(12)21-9-15)25-19-16-5-3-13(20)7-18(16)22-10-23-19/h3,5-7,9-10,14H,2,4,8H2,1H3,(H,24,26)(H,22,23,25). The van der Waals surface area contributed by atoms with Crippen molar-refractivity contribution in [3.05, 3.63) is 53.1 Å². The number of pyridine rings is 1. The summed E-state index contributed by atoms with van der Waals surface area (Å²) >= 11 is 6.05. The normalized spacial score (nSPS) is 16.2. The molecule has 7 heteroatoms. The van der Waals surface area contributed by atoms with Gasteiger partial charge in [0.05, 0.1) is 17.4 Å². The van der Waals surface area contributed by atoms with Crippen LogP contribution in [0.2, 0.25) is 5.02 Å². The van der Waals surface area contributed by atoms with Crippen molar-refractivity contribution in [2.24, 2.45) is 0 Å². The number of aromatic nitrogens is 3. The quantitative estimate of drug-likeness (QED) is 0.739. The number of hydrogen-bond acceptors (Lipinski definition) is 5. The van der Waals surface area contributed by atoms with Gasteiger partial charge >= 0.3 is 0 Å². The summed E-state index contributed by atoms with van der Waals surface area (Å²) in [4.78, 5) is 24.4. The van der Waals surface area contributed by atoms with E-state index in [0.717, 1.165) is 47.4 Å². The highest BCUT2D eigenvalue weighted by atomic mass is 35.5. The third-order valence-corrected chi connectivity index (χ3v) is 4.76. The van der Waals surface area contributed by atoms with E-state index in [9.17, 15) is 4.79 Å². The van der Waals surface area contributed by atoms with Crippen LogP contribution in [0.1, 0.15) is 24.6 Å². The zero-order chi connectivity index (χ0) is 18.1. The second kappa shape index (κ2) is 6.88. The molecule has 0 saturated carbocycles. The van der Waals surface area contributed by atoms with Gasteiger partial charge in [-0.15, -0.1) is 0 Å². The number of aryl methyl sites for hydroxylation is 1. The Morgan fingerprint density at radius 1 is 1.23 bits per heavy atom. The second-order valence-corrected chi connectivity index (χ2v) is 6.92. The maximum absolute atomic E-state index is 11.2. The number of carbonyl (C=O) groups is 1. The van der Waals surface area contributed by atoms with Gasteiger partial charge in [-0.2, -0.15) is 0 Å². The van der Waals surface area contributed by atoms with Crippen LogP contribution in [0.5, 0.6) is 0 Å². The molecule has 0 bridgehead atoms. The van der Waals surface area contributed by atoms with Gasteiger partial charge in [-0.3, -0.25) is 9.78 Å². The fourth-order valence-electron chi connectivity index (χ4n) is 3.34. The predicted octanol–water partition coefficient (Wildman–Crippen LogP) is 3.61. The highest BCUT2D eigenvalue weighted by Crippen LogP contribution is 2.27. The van der Waals surface area contributed by atoms with Crippen molar-refractivity contribution in [1.82, 2.24) is 15.0 Å². The number of fused-ring (bicyclic) bond motifs is 2. The number of nitrogens with one attached hydrogen (secondary N) is 2. The number of benzene rings is 1. The van der Waals surface area contributed by atoms with Crippen LogP contribution in [-0.4, -0.2) is 26.9 Å². The van der Waals surface area contributed by atoms with Crippen LogP contribution in [0.4, 0.5) is 11.5 Å². The maximum Gasteiger partial charge on any atom is 0.221 e. The van der Waals surface area contributed by atoms with Crippen molar-refractivity contribution >= 4 is 39.9 Å². The number of halogens is 1. The Morgan fingerprint density at radius 3 is 2.96 bits per heavy atom. The second-order valence-electron chi connectivity index (χ2n) is 6.48. The average Bonchev–Trinajstić information content (AvgIpc) is 2.61. The molecule has 1 aromatic carbocycles. The number of hydrogen-bond donors (Lipinski definition) is 2. The zero-order valence-electron chi connectivity index (χ0n) is 14.3. The summed E-state index contributed by atoms with van der Waals surface area (Å²) in [6.07, 6.45) is 5.95. The molecule has 2 N–H and O–H groups in total. The molecule has 0 radical (unpaired) electrons. The van der Waals surface area contributed by atoms with Crippen LogP contribution in [0.15, 0.2) is 36.8 Å². The van der Waals surface area contributed by atoms with Crippen LogP contribution in [0, 0.1) is 0 Å². The summed E-state index contributed by atoms with van der Waals surface area (Å²) in [5.41, 5.74) is 3.82. The maximum atomic E-state index is 11.2. The highest BCUT2D eigenvalue weighted by Gasteiger charge is 2.21. The minimum absolute atomic E-state index is 0.0853. The molecule has 0 fully saturated rings. The molecule has 2 heterocycles. The van der Waals surface area contributed by atoms with Crippen molar-refractivity contribution in [3.8, 4) is 0 Å². The first-order valence-electron chi connectivity index (χ1n) is 8.50. The van der Waals surface area contributed by atoms with Gasteiger partial charge in [0.25, 0.3) is 0 Å². The van der Waals surface area contributed by atoms with Crippen LogP contribution >= 0.6 is 11.6 Å². The van der Waals surface area contributed by atoms with Crippen LogP contribution in [0.3, 0.4) is 0 Å². The molecular weight excluding hydrogens is 350 g/mol. The van der Waals surface area contributed by atoms with Gasteiger partial charge in [-0.05, 0) is 42.7 Å². The number of amides is 1. The van der Waals surface area contributed by atoms with Crippen LogP contribution in [-0.2, 0) is 17.6 Å². The SMILES string of the molecule is CC(=O)Nc1cnc2c(c1)CCC(Nc1ncnc3cc(Cl)ccc13)C2. The van der Waals surface area contributed by atoms with Crippen molar-refractivity contribution < 1.29 is 4.79 Å². The molecule has 0 saturated heterocycles. The molecule has 132 valence electrons. The van der Waals surface area contributed by atoms with Crippen LogP contribution in [0.25, 0.3) is 10.9 Å². The van der Waals surface area contributed by atoms with Crippen molar-refractivity contribution in [1.29, 1.82) is 0 Å². The molecule has 6 nitrogen and oxygen atoms in total. The summed E-state index contributed by atoms with van der Waals surface area (Å²) in [5, 5.41) is 7.93. The lowest BCUT2D eigenvalue weighted by molar-refractivity contribution is -0.114. The lowest BCUT2D eigenvalue weighted by Gasteiger charge is -2.26. The molecule has 1 amide bonds. The van der Waals surface area contributed by atoms with Crippen molar-refractivity contribution in [3.63, 3.8) is 0 Å². The molecule has 1 unspecified atom stereocenters. The van der Waals surface area contributed by atoms with Gasteiger partial charge in [-0.1, -0.05) is 11.6 Å². The first-order chi connectivity index (χ1) is 12.6. The summed E-state index contributed by atoms with van der Waals surface area (Å²) in [5.74, 6) is 0.729. The van der Waals surface area contributed by atoms with E-state index >= 15 is 0 Å². The Morgan fingerprint density at radius 2 is 2.12 bits per heavy atom. The minimum Gasteiger partial charge on any atom is -0.366 e. The highest BCUT2D eigenvalue weighted by molar-refractivity contribution is 6.31. The molecule has 1 aliphatic carbocycles. The molecule has 0 aliphatic heterocycles. The fourth-order valence-corrected chi connectivity index (χ4v) is 3.50. The summed E-state index contributed by atoms with van der Waals surface area (Å²) in [7, 11) is 0. The molecule has 1 atom stereocenters. The molecule has 3 aromatic rings. The van der Waals surface area contributed by atoms with Crippen molar-refractivity contribution in [2.75, 3.05) is 10.6 Å². The Kier molecular flexibility index (Phi) is 4.42. The number of carbonyl (C=O) groups excluding carboxylic acids is 1. The van der Waals surface area contributed by atoms with Gasteiger partial charge in [0.1, 0.15) is 12.1 Å². The van der Waals surface area contributed by atoms with Gasteiger partial charge in [0.15, 0.2) is 0 Å². The smallest absolute Gasteiger partial charge is 0.221 e. The van der Waals surface area contributed by atoms with Gasteiger partial charge < -0.3 is 10.6 Å². The molecular formula is C19H18ClN5O. The zero-order valence-corrected chi connectivity index (χ0v) is 15.0. The van der Waals surface area contributed by atoms with E-state index in [1.54, 1.807) is 12.5 Å². The first kappa shape index (κ1) is 16.7. The Hall–Kier alpha value is -2.73. The summed E-state index contributed by atoms with van der Waals surface area (Å²) < 4.78 is 0. The fraction of sp³-hybridized carbons (Fsp3) is 0.263. The van der Waals surface area contributed by atoms with E-state index in [4.69, 9.17) is 11.6 Å². The van der Waals surface area contributed by atoms with E-state index in [2.05, 4.69) is 25.6 Å². The largest absolute Gasteiger partial charge is 0.366 e.